The van der Waals surface area contributed by atoms with E-state index >= 15 is 0 Å². The van der Waals surface area contributed by atoms with Crippen LogP contribution in [0, 0.1) is 0 Å². The van der Waals surface area contributed by atoms with Crippen molar-refractivity contribution in [1.29, 1.82) is 0 Å². The molecular formula is C20H24N2O3. The van der Waals surface area contributed by atoms with E-state index in [2.05, 4.69) is 16.5 Å². The maximum atomic E-state index is 12.5. The van der Waals surface area contributed by atoms with Gasteiger partial charge in [0.05, 0.1) is 7.11 Å². The molecule has 1 N–H and O–H groups in total. The van der Waals surface area contributed by atoms with Crippen molar-refractivity contribution in [3.8, 4) is 5.75 Å². The lowest BCUT2D eigenvalue weighted by Crippen LogP contribution is -2.39. The first-order valence-corrected chi connectivity index (χ1v) is 9.10. The number of rotatable bonds is 6. The number of amides is 1. The standard InChI is InChI=1S/C20H24N2O3/c1-24-17-7-3-2-6-15(17)20(10-4-5-11-20)13-21-19(23)16-12-18(25-22-16)14-8-9-14/h2-3,6-7,12,14H,4-5,8-11,13H2,1H3,(H,21,23). The molecule has 1 heterocycles. The highest BCUT2D eigenvalue weighted by atomic mass is 16.5. The molecule has 2 fully saturated rings. The quantitative estimate of drug-likeness (QED) is 0.868. The third kappa shape index (κ3) is 3.15. The van der Waals surface area contributed by atoms with Gasteiger partial charge in [-0.3, -0.25) is 4.79 Å². The predicted octanol–water partition coefficient (Wildman–Crippen LogP) is 3.80. The highest BCUT2D eigenvalue weighted by Crippen LogP contribution is 2.44. The molecule has 1 amide bonds. The summed E-state index contributed by atoms with van der Waals surface area (Å²) in [5.41, 5.74) is 1.51. The molecule has 0 radical (unpaired) electrons. The average molecular weight is 340 g/mol. The Kier molecular flexibility index (Phi) is 4.24. The fourth-order valence-electron chi connectivity index (χ4n) is 3.97. The van der Waals surface area contributed by atoms with Crippen LogP contribution < -0.4 is 10.1 Å². The van der Waals surface area contributed by atoms with E-state index < -0.39 is 0 Å². The highest BCUT2D eigenvalue weighted by Gasteiger charge is 2.38. The Morgan fingerprint density at radius 2 is 2.08 bits per heavy atom. The summed E-state index contributed by atoms with van der Waals surface area (Å²) < 4.78 is 10.9. The van der Waals surface area contributed by atoms with Crippen LogP contribution in [0.15, 0.2) is 34.9 Å². The maximum Gasteiger partial charge on any atom is 0.273 e. The lowest BCUT2D eigenvalue weighted by molar-refractivity contribution is 0.0933. The minimum Gasteiger partial charge on any atom is -0.496 e. The third-order valence-electron chi connectivity index (χ3n) is 5.57. The van der Waals surface area contributed by atoms with Crippen LogP contribution in [-0.4, -0.2) is 24.7 Å². The number of ether oxygens (including phenoxy) is 1. The summed E-state index contributed by atoms with van der Waals surface area (Å²) in [7, 11) is 1.70. The Morgan fingerprint density at radius 1 is 1.32 bits per heavy atom. The summed E-state index contributed by atoms with van der Waals surface area (Å²) >= 11 is 0. The predicted molar refractivity (Wildman–Crippen MR) is 94.0 cm³/mol. The van der Waals surface area contributed by atoms with Crippen molar-refractivity contribution in [3.63, 3.8) is 0 Å². The van der Waals surface area contributed by atoms with Crippen LogP contribution in [0.25, 0.3) is 0 Å². The lowest BCUT2D eigenvalue weighted by atomic mass is 9.78. The second kappa shape index (κ2) is 6.54. The number of hydrogen-bond donors (Lipinski definition) is 1. The number of carbonyl (C=O) groups is 1. The fourth-order valence-corrected chi connectivity index (χ4v) is 3.97. The topological polar surface area (TPSA) is 64.4 Å². The van der Waals surface area contributed by atoms with E-state index in [4.69, 9.17) is 9.26 Å². The van der Waals surface area contributed by atoms with E-state index in [1.54, 1.807) is 13.2 Å². The molecule has 1 aromatic carbocycles. The van der Waals surface area contributed by atoms with E-state index in [0.717, 1.165) is 37.2 Å². The van der Waals surface area contributed by atoms with Gasteiger partial charge in [0.15, 0.2) is 5.69 Å². The number of hydrogen-bond acceptors (Lipinski definition) is 4. The van der Waals surface area contributed by atoms with Crippen molar-refractivity contribution in [2.75, 3.05) is 13.7 Å². The molecule has 132 valence electrons. The molecule has 2 saturated carbocycles. The molecule has 25 heavy (non-hydrogen) atoms. The molecule has 0 spiro atoms. The van der Waals surface area contributed by atoms with Gasteiger partial charge in [0.2, 0.25) is 0 Å². The highest BCUT2D eigenvalue weighted by molar-refractivity contribution is 5.92. The minimum atomic E-state index is -0.156. The molecule has 1 aromatic heterocycles. The van der Waals surface area contributed by atoms with Crippen LogP contribution in [0.4, 0.5) is 0 Å². The second-order valence-electron chi connectivity index (χ2n) is 7.26. The van der Waals surface area contributed by atoms with Gasteiger partial charge in [0.1, 0.15) is 11.5 Å². The average Bonchev–Trinajstić information content (AvgIpc) is 3.19. The van der Waals surface area contributed by atoms with E-state index in [0.29, 0.717) is 18.2 Å². The zero-order valence-corrected chi connectivity index (χ0v) is 14.6. The van der Waals surface area contributed by atoms with Gasteiger partial charge in [-0.15, -0.1) is 0 Å². The molecule has 0 aliphatic heterocycles. The Balaban J connectivity index is 1.50. The van der Waals surface area contributed by atoms with Crippen LogP contribution in [0.1, 0.15) is 66.3 Å². The molecule has 2 aliphatic carbocycles. The summed E-state index contributed by atoms with van der Waals surface area (Å²) in [4.78, 5) is 12.5. The zero-order chi connectivity index (χ0) is 17.3. The third-order valence-corrected chi connectivity index (χ3v) is 5.57. The molecule has 4 rings (SSSR count). The first-order valence-electron chi connectivity index (χ1n) is 9.10. The van der Waals surface area contributed by atoms with Crippen molar-refractivity contribution in [1.82, 2.24) is 10.5 Å². The summed E-state index contributed by atoms with van der Waals surface area (Å²) in [5, 5.41) is 7.03. The van der Waals surface area contributed by atoms with Gasteiger partial charge in [0.25, 0.3) is 5.91 Å². The van der Waals surface area contributed by atoms with Crippen LogP contribution in [0.2, 0.25) is 0 Å². The fraction of sp³-hybridized carbons (Fsp3) is 0.500. The molecule has 0 atom stereocenters. The Hall–Kier alpha value is -2.30. The summed E-state index contributed by atoms with van der Waals surface area (Å²) in [6.45, 7) is 0.595. The number of nitrogens with zero attached hydrogens (tertiary/aromatic N) is 1. The number of methoxy groups -OCH3 is 1. The van der Waals surface area contributed by atoms with Crippen LogP contribution in [0.5, 0.6) is 5.75 Å². The van der Waals surface area contributed by atoms with Crippen molar-refractivity contribution >= 4 is 5.91 Å². The van der Waals surface area contributed by atoms with Gasteiger partial charge in [-0.25, -0.2) is 0 Å². The first kappa shape index (κ1) is 16.2. The second-order valence-corrected chi connectivity index (χ2v) is 7.26. The normalized spacial score (nSPS) is 18.9. The summed E-state index contributed by atoms with van der Waals surface area (Å²) in [5.74, 6) is 2.04. The molecule has 0 unspecified atom stereocenters. The van der Waals surface area contributed by atoms with E-state index in [1.807, 2.05) is 18.2 Å². The van der Waals surface area contributed by atoms with E-state index in [-0.39, 0.29) is 11.3 Å². The van der Waals surface area contributed by atoms with Gasteiger partial charge in [-0.05, 0) is 31.7 Å². The largest absolute Gasteiger partial charge is 0.496 e. The smallest absolute Gasteiger partial charge is 0.273 e. The number of aromatic nitrogens is 1. The van der Waals surface area contributed by atoms with E-state index in [1.165, 1.54) is 18.4 Å². The zero-order valence-electron chi connectivity index (χ0n) is 14.6. The van der Waals surface area contributed by atoms with Crippen molar-refractivity contribution < 1.29 is 14.1 Å². The summed E-state index contributed by atoms with van der Waals surface area (Å²) in [6, 6.07) is 9.93. The maximum absolute atomic E-state index is 12.5. The van der Waals surface area contributed by atoms with E-state index in [9.17, 15) is 4.79 Å². The Morgan fingerprint density at radius 3 is 2.80 bits per heavy atom. The van der Waals surface area contributed by atoms with Gasteiger partial charge < -0.3 is 14.6 Å². The van der Waals surface area contributed by atoms with Gasteiger partial charge in [-0.2, -0.15) is 0 Å². The number of para-hydroxylation sites is 1. The molecule has 5 heteroatoms. The van der Waals surface area contributed by atoms with Gasteiger partial charge in [0, 0.05) is 29.5 Å². The number of nitrogens with one attached hydrogen (secondary N) is 1. The monoisotopic (exact) mass is 340 g/mol. The minimum absolute atomic E-state index is 0.0642. The van der Waals surface area contributed by atoms with Crippen molar-refractivity contribution in [2.24, 2.45) is 0 Å². The number of carbonyl (C=O) groups excluding carboxylic acids is 1. The van der Waals surface area contributed by atoms with Crippen molar-refractivity contribution in [3.05, 3.63) is 47.3 Å². The van der Waals surface area contributed by atoms with Crippen LogP contribution in [0.3, 0.4) is 0 Å². The Labute approximate surface area is 147 Å². The van der Waals surface area contributed by atoms with Gasteiger partial charge in [-0.1, -0.05) is 36.2 Å². The molecule has 0 bridgehead atoms. The van der Waals surface area contributed by atoms with Gasteiger partial charge >= 0.3 is 0 Å². The molecule has 5 nitrogen and oxygen atoms in total. The molecule has 2 aliphatic rings. The Bertz CT molecular complexity index is 758. The first-order chi connectivity index (χ1) is 12.2. The van der Waals surface area contributed by atoms with Crippen LogP contribution in [-0.2, 0) is 5.41 Å². The van der Waals surface area contributed by atoms with Crippen LogP contribution >= 0.6 is 0 Å². The lowest BCUT2D eigenvalue weighted by Gasteiger charge is -2.31. The molecule has 0 saturated heterocycles. The molecule has 2 aromatic rings. The summed E-state index contributed by atoms with van der Waals surface area (Å²) in [6.07, 6.45) is 6.72. The molecular weight excluding hydrogens is 316 g/mol. The SMILES string of the molecule is COc1ccccc1C1(CNC(=O)c2cc(C3CC3)on2)CCCC1. The number of benzene rings is 1. The van der Waals surface area contributed by atoms with Crippen molar-refractivity contribution in [2.45, 2.75) is 49.9 Å².